The van der Waals surface area contributed by atoms with Crippen LogP contribution in [0.4, 0.5) is 10.1 Å². The van der Waals surface area contributed by atoms with Crippen molar-refractivity contribution in [2.75, 3.05) is 44.8 Å². The Balaban J connectivity index is 1.52. The van der Waals surface area contributed by atoms with Crippen molar-refractivity contribution >= 4 is 5.69 Å². The summed E-state index contributed by atoms with van der Waals surface area (Å²) in [5.41, 5.74) is 0.645. The number of hydrogen-bond acceptors (Lipinski definition) is 4. The molecule has 0 unspecified atom stereocenters. The van der Waals surface area contributed by atoms with E-state index in [0.717, 1.165) is 45.0 Å². The molecular weight excluding hydrogens is 259 g/mol. The van der Waals surface area contributed by atoms with Crippen LogP contribution in [0.2, 0.25) is 0 Å². The van der Waals surface area contributed by atoms with Crippen LogP contribution in [0.25, 0.3) is 0 Å². The molecule has 0 amide bonds. The second kappa shape index (κ2) is 6.08. The zero-order chi connectivity index (χ0) is 13.8. The SMILES string of the molecule is Fc1cccc(NC[C@H]2CO[C@@]3(CNCCOC3)C2)c1. The van der Waals surface area contributed by atoms with E-state index in [2.05, 4.69) is 10.6 Å². The second-order valence-corrected chi connectivity index (χ2v) is 5.68. The summed E-state index contributed by atoms with van der Waals surface area (Å²) < 4.78 is 24.7. The second-order valence-electron chi connectivity index (χ2n) is 5.68. The summed E-state index contributed by atoms with van der Waals surface area (Å²) >= 11 is 0. The minimum atomic E-state index is -0.212. The van der Waals surface area contributed by atoms with Gasteiger partial charge in [-0.05, 0) is 24.6 Å². The van der Waals surface area contributed by atoms with Gasteiger partial charge in [-0.2, -0.15) is 0 Å². The first-order chi connectivity index (χ1) is 9.76. The van der Waals surface area contributed by atoms with Gasteiger partial charge >= 0.3 is 0 Å². The zero-order valence-corrected chi connectivity index (χ0v) is 11.5. The molecule has 20 heavy (non-hydrogen) atoms. The quantitative estimate of drug-likeness (QED) is 0.883. The summed E-state index contributed by atoms with van der Waals surface area (Å²) in [6.45, 7) is 4.67. The molecule has 110 valence electrons. The van der Waals surface area contributed by atoms with Gasteiger partial charge in [0, 0.05) is 31.2 Å². The lowest BCUT2D eigenvalue weighted by Gasteiger charge is -2.25. The lowest BCUT2D eigenvalue weighted by atomic mass is 9.94. The lowest BCUT2D eigenvalue weighted by Crippen LogP contribution is -2.42. The normalized spacial score (nSPS) is 30.4. The van der Waals surface area contributed by atoms with E-state index in [9.17, 15) is 4.39 Å². The fourth-order valence-electron chi connectivity index (χ4n) is 2.92. The van der Waals surface area contributed by atoms with Crippen LogP contribution < -0.4 is 10.6 Å². The molecule has 2 aliphatic heterocycles. The van der Waals surface area contributed by atoms with Crippen molar-refractivity contribution in [3.63, 3.8) is 0 Å². The Morgan fingerprint density at radius 2 is 2.40 bits per heavy atom. The molecule has 1 aromatic rings. The summed E-state index contributed by atoms with van der Waals surface area (Å²) in [7, 11) is 0. The smallest absolute Gasteiger partial charge is 0.125 e. The first-order valence-corrected chi connectivity index (χ1v) is 7.18. The topological polar surface area (TPSA) is 42.5 Å². The van der Waals surface area contributed by atoms with E-state index in [1.54, 1.807) is 6.07 Å². The maximum atomic E-state index is 13.1. The zero-order valence-electron chi connectivity index (χ0n) is 11.5. The van der Waals surface area contributed by atoms with Gasteiger partial charge < -0.3 is 20.1 Å². The highest BCUT2D eigenvalue weighted by atomic mass is 19.1. The molecule has 0 saturated carbocycles. The van der Waals surface area contributed by atoms with Crippen LogP contribution in [-0.2, 0) is 9.47 Å². The average molecular weight is 280 g/mol. The van der Waals surface area contributed by atoms with Crippen molar-refractivity contribution in [1.82, 2.24) is 5.32 Å². The predicted molar refractivity (Wildman–Crippen MR) is 75.4 cm³/mol. The Morgan fingerprint density at radius 1 is 1.45 bits per heavy atom. The maximum absolute atomic E-state index is 13.1. The molecular formula is C15H21FN2O2. The summed E-state index contributed by atoms with van der Waals surface area (Å²) in [6, 6.07) is 6.56. The molecule has 5 heteroatoms. The van der Waals surface area contributed by atoms with Gasteiger partial charge in [0.05, 0.1) is 19.8 Å². The van der Waals surface area contributed by atoms with E-state index < -0.39 is 0 Å². The number of nitrogens with one attached hydrogen (secondary N) is 2. The minimum Gasteiger partial charge on any atom is -0.385 e. The number of rotatable bonds is 3. The van der Waals surface area contributed by atoms with Crippen molar-refractivity contribution in [1.29, 1.82) is 0 Å². The number of ether oxygens (including phenoxy) is 2. The molecule has 2 atom stereocenters. The molecule has 2 N–H and O–H groups in total. The van der Waals surface area contributed by atoms with E-state index in [0.29, 0.717) is 12.5 Å². The third-order valence-electron chi connectivity index (χ3n) is 3.94. The molecule has 0 radical (unpaired) electrons. The number of anilines is 1. The number of benzene rings is 1. The average Bonchev–Trinajstić information content (AvgIpc) is 2.69. The van der Waals surface area contributed by atoms with E-state index in [4.69, 9.17) is 9.47 Å². The van der Waals surface area contributed by atoms with E-state index in [1.165, 1.54) is 12.1 Å². The molecule has 1 aromatic carbocycles. The highest BCUT2D eigenvalue weighted by Gasteiger charge is 2.41. The Kier molecular flexibility index (Phi) is 4.19. The van der Waals surface area contributed by atoms with Crippen LogP contribution >= 0.6 is 0 Å². The number of halogens is 1. The van der Waals surface area contributed by atoms with Crippen LogP contribution in [0.1, 0.15) is 6.42 Å². The molecule has 2 saturated heterocycles. The molecule has 3 rings (SSSR count). The Morgan fingerprint density at radius 3 is 3.30 bits per heavy atom. The lowest BCUT2D eigenvalue weighted by molar-refractivity contribution is -0.0471. The Hall–Kier alpha value is -1.17. The van der Waals surface area contributed by atoms with Crippen molar-refractivity contribution < 1.29 is 13.9 Å². The van der Waals surface area contributed by atoms with Crippen LogP contribution in [0.15, 0.2) is 24.3 Å². The van der Waals surface area contributed by atoms with E-state index in [-0.39, 0.29) is 11.4 Å². The van der Waals surface area contributed by atoms with Gasteiger partial charge in [-0.1, -0.05) is 6.07 Å². The van der Waals surface area contributed by atoms with Gasteiger partial charge in [-0.3, -0.25) is 0 Å². The fraction of sp³-hybridized carbons (Fsp3) is 0.600. The summed E-state index contributed by atoms with van der Waals surface area (Å²) in [6.07, 6.45) is 0.975. The highest BCUT2D eigenvalue weighted by molar-refractivity contribution is 5.43. The molecule has 0 aromatic heterocycles. The molecule has 2 heterocycles. The van der Waals surface area contributed by atoms with Crippen LogP contribution in [0.3, 0.4) is 0 Å². The first-order valence-electron chi connectivity index (χ1n) is 7.18. The van der Waals surface area contributed by atoms with Gasteiger partial charge in [-0.15, -0.1) is 0 Å². The monoisotopic (exact) mass is 280 g/mol. The third-order valence-corrected chi connectivity index (χ3v) is 3.94. The predicted octanol–water partition coefficient (Wildman–Crippen LogP) is 1.63. The molecule has 4 nitrogen and oxygen atoms in total. The van der Waals surface area contributed by atoms with Crippen molar-refractivity contribution in [3.05, 3.63) is 30.1 Å². The van der Waals surface area contributed by atoms with Crippen molar-refractivity contribution in [3.8, 4) is 0 Å². The van der Waals surface area contributed by atoms with Gasteiger partial charge in [-0.25, -0.2) is 4.39 Å². The van der Waals surface area contributed by atoms with Crippen LogP contribution in [-0.4, -0.2) is 45.1 Å². The van der Waals surface area contributed by atoms with Gasteiger partial charge in [0.25, 0.3) is 0 Å². The van der Waals surface area contributed by atoms with Crippen molar-refractivity contribution in [2.24, 2.45) is 5.92 Å². The Labute approximate surface area is 118 Å². The molecule has 0 aliphatic carbocycles. The molecule has 1 spiro atoms. The standard InChI is InChI=1S/C15H21FN2O2/c16-13-2-1-3-14(6-13)18-8-12-7-15(20-9-12)10-17-4-5-19-11-15/h1-3,6,12,17-18H,4-5,7-11H2/t12-,15+/m0/s1. The summed E-state index contributed by atoms with van der Waals surface area (Å²) in [4.78, 5) is 0. The highest BCUT2D eigenvalue weighted by Crippen LogP contribution is 2.31. The molecule has 0 bridgehead atoms. The summed E-state index contributed by atoms with van der Waals surface area (Å²) in [5.74, 6) is 0.220. The van der Waals surface area contributed by atoms with Crippen molar-refractivity contribution in [2.45, 2.75) is 12.0 Å². The third kappa shape index (κ3) is 3.29. The largest absolute Gasteiger partial charge is 0.385 e. The van der Waals surface area contributed by atoms with Crippen LogP contribution in [0.5, 0.6) is 0 Å². The van der Waals surface area contributed by atoms with Crippen LogP contribution in [0, 0.1) is 11.7 Å². The van der Waals surface area contributed by atoms with Gasteiger partial charge in [0.15, 0.2) is 0 Å². The van der Waals surface area contributed by atoms with Gasteiger partial charge in [0.1, 0.15) is 11.4 Å². The minimum absolute atomic E-state index is 0.176. The fourth-order valence-corrected chi connectivity index (χ4v) is 2.92. The molecule has 2 aliphatic rings. The van der Waals surface area contributed by atoms with E-state index >= 15 is 0 Å². The first kappa shape index (κ1) is 13.8. The maximum Gasteiger partial charge on any atom is 0.125 e. The molecule has 2 fully saturated rings. The number of hydrogen-bond donors (Lipinski definition) is 2. The Bertz CT molecular complexity index is 447. The summed E-state index contributed by atoms with van der Waals surface area (Å²) in [5, 5.41) is 6.65. The van der Waals surface area contributed by atoms with Gasteiger partial charge in [0.2, 0.25) is 0 Å². The van der Waals surface area contributed by atoms with E-state index in [1.807, 2.05) is 6.07 Å².